The van der Waals surface area contributed by atoms with E-state index >= 15 is 0 Å². The van der Waals surface area contributed by atoms with Crippen LogP contribution in [0.5, 0.6) is 0 Å². The van der Waals surface area contributed by atoms with Gasteiger partial charge in [-0.3, -0.25) is 0 Å². The van der Waals surface area contributed by atoms with Crippen molar-refractivity contribution in [3.05, 3.63) is 46.6 Å². The lowest BCUT2D eigenvalue weighted by molar-refractivity contribution is 0.246. The summed E-state index contributed by atoms with van der Waals surface area (Å²) in [5, 5.41) is 0. The van der Waals surface area contributed by atoms with Gasteiger partial charge in [0.25, 0.3) is 0 Å². The summed E-state index contributed by atoms with van der Waals surface area (Å²) in [4.78, 5) is 3.11. The molecular formula is C20H29Br2N. The maximum atomic E-state index is 3.94. The van der Waals surface area contributed by atoms with Crippen molar-refractivity contribution in [3.63, 3.8) is 0 Å². The van der Waals surface area contributed by atoms with Crippen molar-refractivity contribution in [2.45, 2.75) is 57.3 Å². The Morgan fingerprint density at radius 2 is 2.04 bits per heavy atom. The summed E-state index contributed by atoms with van der Waals surface area (Å²) in [6.45, 7) is 12.1. The smallest absolute Gasteiger partial charge is 0.0408 e. The van der Waals surface area contributed by atoms with Crippen LogP contribution < -0.4 is 0 Å². The van der Waals surface area contributed by atoms with Crippen molar-refractivity contribution in [3.8, 4) is 0 Å². The molecule has 0 saturated heterocycles. The van der Waals surface area contributed by atoms with Crippen LogP contribution in [-0.2, 0) is 0 Å². The first kappa shape index (κ1) is 19.1. The Kier molecular flexibility index (Phi) is 7.21. The first-order valence-electron chi connectivity index (χ1n) is 8.83. The molecule has 0 bridgehead atoms. The fraction of sp³-hybridized carbons (Fsp3) is 0.600. The second-order valence-corrected chi connectivity index (χ2v) is 8.84. The molecule has 0 aromatic rings. The van der Waals surface area contributed by atoms with Gasteiger partial charge in [-0.25, -0.2) is 0 Å². The fourth-order valence-corrected chi connectivity index (χ4v) is 4.30. The maximum absolute atomic E-state index is 3.94. The summed E-state index contributed by atoms with van der Waals surface area (Å²) < 4.78 is 0.944. The Hall–Kier alpha value is -0.280. The van der Waals surface area contributed by atoms with Gasteiger partial charge in [0.15, 0.2) is 0 Å². The van der Waals surface area contributed by atoms with Gasteiger partial charge in [0, 0.05) is 39.4 Å². The Labute approximate surface area is 158 Å². The Morgan fingerprint density at radius 1 is 1.30 bits per heavy atom. The lowest BCUT2D eigenvalue weighted by atomic mass is 9.88. The molecule has 2 aliphatic rings. The molecular weight excluding hydrogens is 414 g/mol. The van der Waals surface area contributed by atoms with E-state index in [9.17, 15) is 0 Å². The minimum atomic E-state index is 0.445. The molecule has 0 spiro atoms. The van der Waals surface area contributed by atoms with E-state index in [0.717, 1.165) is 4.48 Å². The van der Waals surface area contributed by atoms with Gasteiger partial charge < -0.3 is 4.90 Å². The summed E-state index contributed by atoms with van der Waals surface area (Å²) in [5.41, 5.74) is 3.05. The molecule has 0 saturated carbocycles. The number of halogens is 2. The molecule has 0 N–H and O–H groups in total. The van der Waals surface area contributed by atoms with Gasteiger partial charge in [0.05, 0.1) is 0 Å². The Morgan fingerprint density at radius 3 is 2.70 bits per heavy atom. The molecule has 0 aromatic heterocycles. The summed E-state index contributed by atoms with van der Waals surface area (Å²) >= 11 is 7.27. The number of hydrogen-bond acceptors (Lipinski definition) is 1. The highest BCUT2D eigenvalue weighted by Crippen LogP contribution is 2.44. The number of nitrogens with zero attached hydrogens (tertiary/aromatic N) is 1. The molecule has 0 radical (unpaired) electrons. The molecule has 1 aliphatic heterocycles. The molecule has 1 nitrogen and oxygen atoms in total. The summed E-state index contributed by atoms with van der Waals surface area (Å²) in [6.07, 6.45) is 14.3. The highest BCUT2D eigenvalue weighted by atomic mass is 79.9. The van der Waals surface area contributed by atoms with Crippen molar-refractivity contribution in [1.29, 1.82) is 0 Å². The predicted octanol–water partition coefficient (Wildman–Crippen LogP) is 6.58. The highest BCUT2D eigenvalue weighted by molar-refractivity contribution is 9.11. The molecule has 0 amide bonds. The Bertz CT molecular complexity index is 518. The van der Waals surface area contributed by atoms with Gasteiger partial charge in [-0.15, -0.1) is 0 Å². The van der Waals surface area contributed by atoms with Gasteiger partial charge in [0.1, 0.15) is 0 Å². The fourth-order valence-electron chi connectivity index (χ4n) is 3.75. The van der Waals surface area contributed by atoms with E-state index in [2.05, 4.69) is 88.4 Å². The second-order valence-electron chi connectivity index (χ2n) is 6.76. The van der Waals surface area contributed by atoms with Crippen molar-refractivity contribution in [2.24, 2.45) is 11.8 Å². The third-order valence-electron chi connectivity index (χ3n) is 5.08. The summed E-state index contributed by atoms with van der Waals surface area (Å²) in [6, 6.07) is 0.523. The quantitative estimate of drug-likeness (QED) is 0.244. The van der Waals surface area contributed by atoms with Crippen LogP contribution in [0.25, 0.3) is 0 Å². The van der Waals surface area contributed by atoms with Crippen LogP contribution >= 0.6 is 31.9 Å². The van der Waals surface area contributed by atoms with Crippen LogP contribution in [0.3, 0.4) is 0 Å². The van der Waals surface area contributed by atoms with Crippen LogP contribution in [0.1, 0.15) is 46.5 Å². The number of allylic oxidation sites excluding steroid dienone is 5. The highest BCUT2D eigenvalue weighted by Gasteiger charge is 2.40. The van der Waals surface area contributed by atoms with Gasteiger partial charge >= 0.3 is 0 Å². The molecule has 128 valence electrons. The summed E-state index contributed by atoms with van der Waals surface area (Å²) in [5.74, 6) is 0.998. The average Bonchev–Trinajstić information content (AvgIpc) is 2.78. The number of rotatable bonds is 7. The largest absolute Gasteiger partial charge is 0.371 e. The Balaban J connectivity index is 2.22. The van der Waals surface area contributed by atoms with Crippen LogP contribution in [0.15, 0.2) is 46.6 Å². The van der Waals surface area contributed by atoms with E-state index in [-0.39, 0.29) is 0 Å². The third kappa shape index (κ3) is 4.42. The molecule has 1 heterocycles. The van der Waals surface area contributed by atoms with E-state index in [1.54, 1.807) is 5.70 Å². The lowest BCUT2D eigenvalue weighted by Crippen LogP contribution is -2.35. The maximum Gasteiger partial charge on any atom is 0.0408 e. The monoisotopic (exact) mass is 441 g/mol. The normalized spacial score (nSPS) is 30.4. The van der Waals surface area contributed by atoms with Crippen LogP contribution in [-0.4, -0.2) is 22.3 Å². The van der Waals surface area contributed by atoms with Crippen LogP contribution in [0.4, 0.5) is 0 Å². The van der Waals surface area contributed by atoms with Crippen LogP contribution in [0, 0.1) is 11.8 Å². The van der Waals surface area contributed by atoms with Crippen molar-refractivity contribution < 1.29 is 0 Å². The van der Waals surface area contributed by atoms with E-state index in [1.165, 1.54) is 37.8 Å². The lowest BCUT2D eigenvalue weighted by Gasteiger charge is -2.33. The standard InChI is InChI=1S/C20H29Br2N/c1-5-6-7-8-13-23-16(4)17(10-9-14(2)21)18-11-12-19(22)15(3)20(18)23/h9-12,15-17,19H,2,5-8,13H2,1,3-4H3/b10-9-/t15-,16?,17-,19?/m1/s1. The molecule has 2 unspecified atom stereocenters. The molecule has 4 atom stereocenters. The molecule has 23 heavy (non-hydrogen) atoms. The predicted molar refractivity (Wildman–Crippen MR) is 109 cm³/mol. The second kappa shape index (κ2) is 8.71. The van der Waals surface area contributed by atoms with E-state index < -0.39 is 0 Å². The first-order valence-corrected chi connectivity index (χ1v) is 10.5. The zero-order valence-electron chi connectivity index (χ0n) is 14.6. The van der Waals surface area contributed by atoms with E-state index in [4.69, 9.17) is 0 Å². The minimum Gasteiger partial charge on any atom is -0.371 e. The summed E-state index contributed by atoms with van der Waals surface area (Å²) in [7, 11) is 0. The number of hydrogen-bond donors (Lipinski definition) is 0. The zero-order chi connectivity index (χ0) is 17.0. The molecule has 0 fully saturated rings. The van der Waals surface area contributed by atoms with Crippen LogP contribution in [0.2, 0.25) is 0 Å². The van der Waals surface area contributed by atoms with Gasteiger partial charge in [-0.1, -0.05) is 95.9 Å². The molecule has 3 heteroatoms. The zero-order valence-corrected chi connectivity index (χ0v) is 17.7. The van der Waals surface area contributed by atoms with Gasteiger partial charge in [-0.2, -0.15) is 0 Å². The molecule has 2 rings (SSSR count). The van der Waals surface area contributed by atoms with Crippen molar-refractivity contribution >= 4 is 31.9 Å². The SMILES string of the molecule is C=C(Br)/C=C\[C@H]1C2=C([C@H](C)C(Br)C=C2)N(CCCCCC)C1C. The topological polar surface area (TPSA) is 3.24 Å². The molecule has 1 aliphatic carbocycles. The molecule has 0 aromatic carbocycles. The van der Waals surface area contributed by atoms with Crippen molar-refractivity contribution in [2.75, 3.05) is 6.54 Å². The van der Waals surface area contributed by atoms with Gasteiger partial charge in [-0.05, 0) is 18.9 Å². The average molecular weight is 443 g/mol. The number of alkyl halides is 1. The van der Waals surface area contributed by atoms with E-state index in [0.29, 0.717) is 22.7 Å². The van der Waals surface area contributed by atoms with Gasteiger partial charge in [0.2, 0.25) is 0 Å². The number of unbranched alkanes of at least 4 members (excludes halogenated alkanes) is 3. The minimum absolute atomic E-state index is 0.445. The first-order chi connectivity index (χ1) is 11.0. The van der Waals surface area contributed by atoms with E-state index in [1.807, 2.05) is 0 Å². The third-order valence-corrected chi connectivity index (χ3v) is 6.44. The van der Waals surface area contributed by atoms with Crippen molar-refractivity contribution in [1.82, 2.24) is 4.90 Å².